The third-order valence-electron chi connectivity index (χ3n) is 2.29. The van der Waals surface area contributed by atoms with Crippen LogP contribution in [0.3, 0.4) is 0 Å². The molecule has 0 aromatic heterocycles. The fourth-order valence-corrected chi connectivity index (χ4v) is 1.50. The molecular weight excluding hydrogens is 194 g/mol. The first-order valence-electron chi connectivity index (χ1n) is 4.74. The maximum Gasteiger partial charge on any atom is 0.129 e. The van der Waals surface area contributed by atoms with Gasteiger partial charge in [0.2, 0.25) is 0 Å². The highest BCUT2D eigenvalue weighted by atomic mass is 19.1. The summed E-state index contributed by atoms with van der Waals surface area (Å²) in [6.45, 7) is 0. The van der Waals surface area contributed by atoms with Crippen molar-refractivity contribution in [1.82, 2.24) is 0 Å². The predicted octanol–water partition coefficient (Wildman–Crippen LogP) is 3.56. The lowest BCUT2D eigenvalue weighted by molar-refractivity contribution is 0.561. The van der Waals surface area contributed by atoms with Gasteiger partial charge in [0, 0.05) is 12.0 Å². The first-order valence-corrected chi connectivity index (χ1v) is 4.74. The van der Waals surface area contributed by atoms with Crippen LogP contribution in [-0.4, -0.2) is 0 Å². The lowest BCUT2D eigenvalue weighted by atomic mass is 10.0. The van der Waals surface area contributed by atoms with E-state index in [-0.39, 0.29) is 5.56 Å². The molecule has 0 saturated carbocycles. The molecule has 2 heteroatoms. The van der Waals surface area contributed by atoms with E-state index in [1.807, 2.05) is 30.3 Å². The van der Waals surface area contributed by atoms with Crippen molar-refractivity contribution < 1.29 is 8.78 Å². The van der Waals surface area contributed by atoms with E-state index < -0.39 is 11.6 Å². The molecule has 0 unspecified atom stereocenters. The van der Waals surface area contributed by atoms with Gasteiger partial charge in [0.05, 0.1) is 0 Å². The average molecular weight is 204 g/mol. The molecule has 2 rings (SSSR count). The molecule has 0 radical (unpaired) electrons. The number of hydrogen-bond acceptors (Lipinski definition) is 0. The Morgan fingerprint density at radius 2 is 1.33 bits per heavy atom. The molecular formula is C13H10F2. The second-order valence-electron chi connectivity index (χ2n) is 3.36. The normalized spacial score (nSPS) is 10.3. The second kappa shape index (κ2) is 4.22. The van der Waals surface area contributed by atoms with Crippen molar-refractivity contribution >= 4 is 0 Å². The molecule has 0 aliphatic rings. The van der Waals surface area contributed by atoms with Gasteiger partial charge in [-0.3, -0.25) is 0 Å². The molecule has 0 heterocycles. The topological polar surface area (TPSA) is 0 Å². The number of benzene rings is 2. The van der Waals surface area contributed by atoms with Gasteiger partial charge in [0.1, 0.15) is 11.6 Å². The van der Waals surface area contributed by atoms with Gasteiger partial charge in [-0.25, -0.2) is 8.78 Å². The Kier molecular flexibility index (Phi) is 2.77. The molecule has 2 aromatic rings. The van der Waals surface area contributed by atoms with Crippen molar-refractivity contribution in [2.75, 3.05) is 0 Å². The molecule has 15 heavy (non-hydrogen) atoms. The van der Waals surface area contributed by atoms with Gasteiger partial charge >= 0.3 is 0 Å². The van der Waals surface area contributed by atoms with Crippen LogP contribution in [0.1, 0.15) is 11.1 Å². The molecule has 0 saturated heterocycles. The highest BCUT2D eigenvalue weighted by Crippen LogP contribution is 2.16. The van der Waals surface area contributed by atoms with Gasteiger partial charge in [0.25, 0.3) is 0 Å². The van der Waals surface area contributed by atoms with Crippen LogP contribution in [0.2, 0.25) is 0 Å². The van der Waals surface area contributed by atoms with Crippen LogP contribution in [-0.2, 0) is 6.42 Å². The van der Waals surface area contributed by atoms with Gasteiger partial charge in [0.15, 0.2) is 0 Å². The third-order valence-corrected chi connectivity index (χ3v) is 2.29. The number of halogens is 2. The maximum absolute atomic E-state index is 13.3. The fraction of sp³-hybridized carbons (Fsp3) is 0.0769. The van der Waals surface area contributed by atoms with Crippen molar-refractivity contribution in [3.05, 3.63) is 71.3 Å². The molecule has 2 aromatic carbocycles. The van der Waals surface area contributed by atoms with Gasteiger partial charge in [-0.1, -0.05) is 36.4 Å². The smallest absolute Gasteiger partial charge is 0.129 e. The lowest BCUT2D eigenvalue weighted by Crippen LogP contribution is -1.96. The first-order chi connectivity index (χ1) is 7.27. The molecule has 0 aliphatic heterocycles. The van der Waals surface area contributed by atoms with Crippen LogP contribution in [0.15, 0.2) is 48.5 Å². The minimum Gasteiger partial charge on any atom is -0.207 e. The molecule has 0 fully saturated rings. The molecule has 76 valence electrons. The summed E-state index contributed by atoms with van der Waals surface area (Å²) in [6.07, 6.45) is 0.291. The summed E-state index contributed by atoms with van der Waals surface area (Å²) in [4.78, 5) is 0. The SMILES string of the molecule is Fc1cccc(F)c1Cc1ccccc1. The van der Waals surface area contributed by atoms with Crippen LogP contribution in [0.5, 0.6) is 0 Å². The Hall–Kier alpha value is -1.70. The van der Waals surface area contributed by atoms with E-state index in [9.17, 15) is 8.78 Å². The summed E-state index contributed by atoms with van der Waals surface area (Å²) in [5.74, 6) is -0.974. The number of hydrogen-bond donors (Lipinski definition) is 0. The zero-order chi connectivity index (χ0) is 10.7. The van der Waals surface area contributed by atoms with Crippen LogP contribution in [0, 0.1) is 11.6 Å². The molecule has 0 N–H and O–H groups in total. The van der Waals surface area contributed by atoms with Gasteiger partial charge < -0.3 is 0 Å². The Balaban J connectivity index is 2.32. The van der Waals surface area contributed by atoms with Crippen LogP contribution < -0.4 is 0 Å². The lowest BCUT2D eigenvalue weighted by Gasteiger charge is -2.04. The summed E-state index contributed by atoms with van der Waals surface area (Å²) >= 11 is 0. The van der Waals surface area contributed by atoms with Crippen molar-refractivity contribution in [1.29, 1.82) is 0 Å². The highest BCUT2D eigenvalue weighted by Gasteiger charge is 2.08. The zero-order valence-corrected chi connectivity index (χ0v) is 8.08. The molecule has 0 bridgehead atoms. The Morgan fingerprint density at radius 1 is 0.733 bits per heavy atom. The molecule has 0 spiro atoms. The average Bonchev–Trinajstić information content (AvgIpc) is 2.25. The van der Waals surface area contributed by atoms with Crippen LogP contribution in [0.4, 0.5) is 8.78 Å². The van der Waals surface area contributed by atoms with Gasteiger partial charge in [-0.2, -0.15) is 0 Å². The van der Waals surface area contributed by atoms with E-state index in [4.69, 9.17) is 0 Å². The van der Waals surface area contributed by atoms with Crippen molar-refractivity contribution in [3.8, 4) is 0 Å². The van der Waals surface area contributed by atoms with E-state index in [0.717, 1.165) is 5.56 Å². The Bertz CT molecular complexity index is 429. The van der Waals surface area contributed by atoms with E-state index in [2.05, 4.69) is 0 Å². The monoisotopic (exact) mass is 204 g/mol. The first kappa shape index (κ1) is 9.84. The van der Waals surface area contributed by atoms with Crippen molar-refractivity contribution in [3.63, 3.8) is 0 Å². The third kappa shape index (κ3) is 2.21. The summed E-state index contributed by atoms with van der Waals surface area (Å²) in [5.41, 5.74) is 1.03. The van der Waals surface area contributed by atoms with E-state index in [1.165, 1.54) is 18.2 Å². The largest absolute Gasteiger partial charge is 0.207 e. The van der Waals surface area contributed by atoms with E-state index in [0.29, 0.717) is 6.42 Å². The fourth-order valence-electron chi connectivity index (χ4n) is 1.50. The van der Waals surface area contributed by atoms with Crippen LogP contribution >= 0.6 is 0 Å². The molecule has 0 aliphatic carbocycles. The minimum absolute atomic E-state index is 0.128. The summed E-state index contributed by atoms with van der Waals surface area (Å²) in [7, 11) is 0. The summed E-state index contributed by atoms with van der Waals surface area (Å²) in [5, 5.41) is 0. The van der Waals surface area contributed by atoms with Gasteiger partial charge in [-0.05, 0) is 17.7 Å². The van der Waals surface area contributed by atoms with Gasteiger partial charge in [-0.15, -0.1) is 0 Å². The van der Waals surface area contributed by atoms with E-state index >= 15 is 0 Å². The molecule has 0 atom stereocenters. The Labute approximate surface area is 87.2 Å². The maximum atomic E-state index is 13.3. The van der Waals surface area contributed by atoms with Crippen molar-refractivity contribution in [2.24, 2.45) is 0 Å². The zero-order valence-electron chi connectivity index (χ0n) is 8.08. The summed E-state index contributed by atoms with van der Waals surface area (Å²) in [6, 6.07) is 13.2. The minimum atomic E-state index is -0.487. The van der Waals surface area contributed by atoms with E-state index in [1.54, 1.807) is 0 Å². The standard InChI is InChI=1S/C13H10F2/c14-12-7-4-8-13(15)11(12)9-10-5-2-1-3-6-10/h1-8H,9H2. The highest BCUT2D eigenvalue weighted by molar-refractivity contribution is 5.28. The predicted molar refractivity (Wildman–Crippen MR) is 55.6 cm³/mol. The number of rotatable bonds is 2. The Morgan fingerprint density at radius 3 is 1.93 bits per heavy atom. The van der Waals surface area contributed by atoms with Crippen molar-refractivity contribution in [2.45, 2.75) is 6.42 Å². The quantitative estimate of drug-likeness (QED) is 0.701. The molecule has 0 nitrogen and oxygen atoms in total. The summed E-state index contributed by atoms with van der Waals surface area (Å²) < 4.78 is 26.6. The van der Waals surface area contributed by atoms with Crippen LogP contribution in [0.25, 0.3) is 0 Å². The molecule has 0 amide bonds. The second-order valence-corrected chi connectivity index (χ2v) is 3.36.